The third-order valence-electron chi connectivity index (χ3n) is 5.24. The number of amides is 1. The van der Waals surface area contributed by atoms with Crippen molar-refractivity contribution in [2.75, 3.05) is 38.9 Å². The van der Waals surface area contributed by atoms with Crippen LogP contribution in [0.3, 0.4) is 0 Å². The number of pyridine rings is 1. The number of benzene rings is 2. The highest BCUT2D eigenvalue weighted by Crippen LogP contribution is 2.40. The van der Waals surface area contributed by atoms with Crippen LogP contribution in [0.4, 0.5) is 18.9 Å². The monoisotopic (exact) mass is 517 g/mol. The van der Waals surface area contributed by atoms with Crippen molar-refractivity contribution >= 4 is 28.3 Å². The zero-order valence-corrected chi connectivity index (χ0v) is 19.5. The zero-order valence-electron chi connectivity index (χ0n) is 19.5. The van der Waals surface area contributed by atoms with Gasteiger partial charge in [0.1, 0.15) is 18.3 Å². The molecule has 0 radical (unpaired) electrons. The van der Waals surface area contributed by atoms with Crippen LogP contribution < -0.4 is 10.1 Å². The van der Waals surface area contributed by atoms with Gasteiger partial charge in [-0.25, -0.2) is 4.79 Å². The highest BCUT2D eigenvalue weighted by atomic mass is 19.4. The van der Waals surface area contributed by atoms with Crippen LogP contribution in [0.25, 0.3) is 10.8 Å². The van der Waals surface area contributed by atoms with Crippen LogP contribution in [0.2, 0.25) is 0 Å². The Morgan fingerprint density at radius 1 is 1.14 bits per heavy atom. The lowest BCUT2D eigenvalue weighted by atomic mass is 9.92. The smallest absolute Gasteiger partial charge is 0.490 e. The lowest BCUT2D eigenvalue weighted by Gasteiger charge is -2.14. The molecule has 1 aromatic heterocycles. The minimum absolute atomic E-state index is 0.155. The molecule has 0 spiro atoms. The second kappa shape index (κ2) is 12.2. The molecule has 1 aliphatic rings. The Labute approximate surface area is 209 Å². The molecule has 2 N–H and O–H groups in total. The lowest BCUT2D eigenvalue weighted by molar-refractivity contribution is -0.192. The molecule has 9 nitrogen and oxygen atoms in total. The number of nitrogens with one attached hydrogen (secondary N) is 1. The summed E-state index contributed by atoms with van der Waals surface area (Å²) in [7, 11) is 1.63. The number of rotatable bonds is 8. The predicted octanol–water partition coefficient (Wildman–Crippen LogP) is 3.87. The van der Waals surface area contributed by atoms with Crippen LogP contribution in [0.1, 0.15) is 22.7 Å². The van der Waals surface area contributed by atoms with Crippen molar-refractivity contribution in [2.24, 2.45) is 0 Å². The second-order valence-electron chi connectivity index (χ2n) is 7.64. The van der Waals surface area contributed by atoms with E-state index in [2.05, 4.69) is 16.4 Å². The fourth-order valence-corrected chi connectivity index (χ4v) is 3.61. The quantitative estimate of drug-likeness (QED) is 0.431. The van der Waals surface area contributed by atoms with Gasteiger partial charge in [-0.15, -0.1) is 0 Å². The Bertz CT molecular complexity index is 1320. The maximum atomic E-state index is 12.8. The molecule has 0 aliphatic carbocycles. The first-order valence-electron chi connectivity index (χ1n) is 10.9. The van der Waals surface area contributed by atoms with Gasteiger partial charge in [0.2, 0.25) is 5.91 Å². The van der Waals surface area contributed by atoms with E-state index in [1.807, 2.05) is 24.3 Å². The SMILES string of the molecule is COCCOCCOc1cccc2c(C3C(=O)Nc4ccc(C#N)cc43)nccc12.O=C(O)C(F)(F)F. The summed E-state index contributed by atoms with van der Waals surface area (Å²) in [5.74, 6) is -2.79. The molecular weight excluding hydrogens is 495 g/mol. The zero-order chi connectivity index (χ0) is 27.0. The molecule has 0 saturated carbocycles. The van der Waals surface area contributed by atoms with Gasteiger partial charge in [0.15, 0.2) is 0 Å². The van der Waals surface area contributed by atoms with E-state index in [0.29, 0.717) is 49.1 Å². The number of halogens is 3. The Morgan fingerprint density at radius 2 is 1.86 bits per heavy atom. The Morgan fingerprint density at radius 3 is 2.54 bits per heavy atom. The third-order valence-corrected chi connectivity index (χ3v) is 5.24. The van der Waals surface area contributed by atoms with E-state index in [0.717, 1.165) is 16.3 Å². The summed E-state index contributed by atoms with van der Waals surface area (Å²) in [5.41, 5.74) is 2.62. The summed E-state index contributed by atoms with van der Waals surface area (Å²) in [6.07, 6.45) is -3.40. The molecule has 1 atom stereocenters. The summed E-state index contributed by atoms with van der Waals surface area (Å²) in [5, 5.41) is 21.0. The Hall–Kier alpha value is -4.21. The van der Waals surface area contributed by atoms with E-state index in [4.69, 9.17) is 24.1 Å². The van der Waals surface area contributed by atoms with Gasteiger partial charge in [-0.1, -0.05) is 12.1 Å². The maximum absolute atomic E-state index is 12.8. The number of aliphatic carboxylic acids is 1. The number of carboxylic acids is 1. The first-order valence-corrected chi connectivity index (χ1v) is 10.9. The van der Waals surface area contributed by atoms with E-state index in [1.165, 1.54) is 0 Å². The fraction of sp³-hybridized carbons (Fsp3) is 0.280. The van der Waals surface area contributed by atoms with E-state index in [9.17, 15) is 23.2 Å². The highest BCUT2D eigenvalue weighted by Gasteiger charge is 2.38. The maximum Gasteiger partial charge on any atom is 0.490 e. The average Bonchev–Trinajstić information content (AvgIpc) is 3.20. The van der Waals surface area contributed by atoms with E-state index in [1.54, 1.807) is 31.5 Å². The van der Waals surface area contributed by atoms with Gasteiger partial charge in [-0.2, -0.15) is 18.4 Å². The number of carboxylic acid groups (broad SMARTS) is 1. The number of nitrogens with zero attached hydrogens (tertiary/aromatic N) is 2. The molecule has 0 fully saturated rings. The number of hydrogen-bond donors (Lipinski definition) is 2. The first kappa shape index (κ1) is 27.4. The largest absolute Gasteiger partial charge is 0.491 e. The average molecular weight is 517 g/mol. The number of carbonyl (C=O) groups excluding carboxylic acids is 1. The highest BCUT2D eigenvalue weighted by molar-refractivity contribution is 6.07. The standard InChI is InChI=1S/C23H21N3O4.C2HF3O2/c1-28-9-10-29-11-12-30-20-4-2-3-17-16(20)7-8-25-22(17)21-18-13-15(14-24)5-6-19(18)26-23(21)27;3-2(4,5)1(6)7/h2-8,13,21H,9-12H2,1H3,(H,26,27);(H,6,7). The number of aromatic nitrogens is 1. The summed E-state index contributed by atoms with van der Waals surface area (Å²) < 4.78 is 48.0. The van der Waals surface area contributed by atoms with Crippen molar-refractivity contribution in [3.05, 3.63) is 65.5 Å². The molecule has 2 heterocycles. The molecule has 12 heteroatoms. The number of methoxy groups -OCH3 is 1. The lowest BCUT2D eigenvalue weighted by Crippen LogP contribution is -2.21. The summed E-state index contributed by atoms with van der Waals surface area (Å²) in [6.45, 7) is 1.91. The van der Waals surface area contributed by atoms with Crippen molar-refractivity contribution in [1.29, 1.82) is 5.26 Å². The molecular formula is C25H22F3N3O6. The van der Waals surface area contributed by atoms with E-state index in [-0.39, 0.29) is 5.91 Å². The van der Waals surface area contributed by atoms with Gasteiger partial charge >= 0.3 is 12.1 Å². The van der Waals surface area contributed by atoms with E-state index < -0.39 is 18.1 Å². The number of carbonyl (C=O) groups is 2. The van der Waals surface area contributed by atoms with Crippen molar-refractivity contribution in [1.82, 2.24) is 4.98 Å². The van der Waals surface area contributed by atoms with Crippen LogP contribution in [-0.2, 0) is 19.1 Å². The molecule has 2 aromatic carbocycles. The van der Waals surface area contributed by atoms with Crippen LogP contribution >= 0.6 is 0 Å². The van der Waals surface area contributed by atoms with Crippen LogP contribution in [-0.4, -0.2) is 61.7 Å². The van der Waals surface area contributed by atoms with Crippen molar-refractivity contribution in [3.63, 3.8) is 0 Å². The van der Waals surface area contributed by atoms with Crippen molar-refractivity contribution in [2.45, 2.75) is 12.1 Å². The van der Waals surface area contributed by atoms with Gasteiger partial charge in [-0.3, -0.25) is 9.78 Å². The third kappa shape index (κ3) is 6.72. The Kier molecular flexibility index (Phi) is 9.00. The molecule has 1 aliphatic heterocycles. The molecule has 3 aromatic rings. The number of alkyl halides is 3. The molecule has 1 amide bonds. The predicted molar refractivity (Wildman–Crippen MR) is 125 cm³/mol. The second-order valence-corrected chi connectivity index (χ2v) is 7.64. The topological polar surface area (TPSA) is 131 Å². The summed E-state index contributed by atoms with van der Waals surface area (Å²) in [4.78, 5) is 26.2. The van der Waals surface area contributed by atoms with Crippen molar-refractivity contribution < 1.29 is 42.1 Å². The van der Waals surface area contributed by atoms with Crippen LogP contribution in [0.15, 0.2) is 48.7 Å². The number of fused-ring (bicyclic) bond motifs is 2. The van der Waals surface area contributed by atoms with Crippen LogP contribution in [0, 0.1) is 11.3 Å². The van der Waals surface area contributed by atoms with Gasteiger partial charge in [0.25, 0.3) is 0 Å². The molecule has 1 unspecified atom stereocenters. The molecule has 37 heavy (non-hydrogen) atoms. The minimum Gasteiger partial charge on any atom is -0.491 e. The molecule has 194 valence electrons. The first-order chi connectivity index (χ1) is 17.7. The summed E-state index contributed by atoms with van der Waals surface area (Å²) >= 11 is 0. The van der Waals surface area contributed by atoms with Crippen LogP contribution in [0.5, 0.6) is 5.75 Å². The van der Waals surface area contributed by atoms with E-state index >= 15 is 0 Å². The molecule has 4 rings (SSSR count). The summed E-state index contributed by atoms with van der Waals surface area (Å²) in [6, 6.07) is 14.9. The van der Waals surface area contributed by atoms with Gasteiger partial charge < -0.3 is 24.6 Å². The minimum atomic E-state index is -5.08. The number of hydrogen-bond acceptors (Lipinski definition) is 7. The Balaban J connectivity index is 0.000000479. The van der Waals surface area contributed by atoms with Gasteiger partial charge in [0, 0.05) is 29.8 Å². The number of ether oxygens (including phenoxy) is 3. The fourth-order valence-electron chi connectivity index (χ4n) is 3.61. The molecule has 0 bridgehead atoms. The van der Waals surface area contributed by atoms with Crippen molar-refractivity contribution in [3.8, 4) is 11.8 Å². The van der Waals surface area contributed by atoms with Gasteiger partial charge in [0.05, 0.1) is 37.1 Å². The number of nitriles is 1. The van der Waals surface area contributed by atoms with Gasteiger partial charge in [-0.05, 0) is 35.9 Å². The number of anilines is 1. The normalized spacial score (nSPS) is 14.2. The molecule has 0 saturated heterocycles.